The van der Waals surface area contributed by atoms with E-state index in [0.29, 0.717) is 83.4 Å². The highest BCUT2D eigenvalue weighted by molar-refractivity contribution is 6.30. The number of aromatic carboxylic acids is 1. The molecule has 15 rings (SSSR count). The number of Topliss-reactive ketones (excluding diaryl/α,β-unsaturated/α-hetero) is 1. The van der Waals surface area contributed by atoms with E-state index in [4.69, 9.17) is 54.0 Å². The molecule has 788 valence electrons. The number of hydrogen-bond donors (Lipinski definition) is 12. The first-order chi connectivity index (χ1) is 67.5. The van der Waals surface area contributed by atoms with Gasteiger partial charge in [0, 0.05) is 114 Å². The van der Waals surface area contributed by atoms with Crippen LogP contribution in [0.5, 0.6) is 0 Å². The van der Waals surface area contributed by atoms with Gasteiger partial charge < -0.3 is 91.5 Å². The number of aromatic nitrogens is 15. The number of carboxylic acids is 1. The van der Waals surface area contributed by atoms with Crippen LogP contribution in [0.2, 0.25) is 10.3 Å². The number of ketones is 1. The molecule has 0 aromatic carbocycles. The normalized spacial score (nSPS) is 20.0. The minimum Gasteiger partial charge on any atom is -0.477 e. The highest BCUT2D eigenvalue weighted by Gasteiger charge is 2.38. The number of pyridine rings is 3. The number of halogens is 2. The van der Waals surface area contributed by atoms with E-state index in [9.17, 15) is 68.4 Å². The summed E-state index contributed by atoms with van der Waals surface area (Å²) in [6.45, 7) is 34.7. The van der Waals surface area contributed by atoms with Crippen LogP contribution in [0, 0.1) is 5.92 Å². The average Bonchev–Trinajstić information content (AvgIpc) is 1.64. The Morgan fingerprint density at radius 2 is 0.821 bits per heavy atom. The van der Waals surface area contributed by atoms with Crippen molar-refractivity contribution in [1.82, 2.24) is 82.7 Å². The highest BCUT2D eigenvalue weighted by Crippen LogP contribution is 2.38. The lowest BCUT2D eigenvalue weighted by atomic mass is 9.77. The summed E-state index contributed by atoms with van der Waals surface area (Å²) in [5.41, 5.74) is 8.33. The van der Waals surface area contributed by atoms with Crippen molar-refractivity contribution in [2.75, 3.05) is 64.6 Å². The van der Waals surface area contributed by atoms with Crippen molar-refractivity contribution >= 4 is 140 Å². The molecule has 0 saturated heterocycles. The number of carbonyl (C=O) groups excluding carboxylic acids is 6. The summed E-state index contributed by atoms with van der Waals surface area (Å²) in [6.07, 6.45) is 21.8. The molecule has 8 atom stereocenters. The first kappa shape index (κ1) is 114. The highest BCUT2D eigenvalue weighted by atomic mass is 35.5. The SMILES string of the molecule is CC(C)n1cccc(N)c1=O.CC(C)n1cccc(Nc2cc(N(C)C(=O)OC(C)(C)C)n3ncc(C(=O)N[C@@H]4CCC[C@@](C)(O)C4)c3n2)c1=O.CN(C(=O)OC(C)(C)C)c1cc(Cl)nc2c(C(=O)CC3CCC[C@@](C)(O)C3)cnn12.CN(C(=O)OC(C)(C)C)c1cc(Cl)nc2c(C(=O)O)cnn12.CNc1cc(Nc2cccn(C(C)C)c2=O)nc2c(C(=O)N[C@@H]3CCC[C@@](C)(O)C3)cnn12.C[C@]1(O)CCC[C@H](N)C1. The van der Waals surface area contributed by atoms with Crippen molar-refractivity contribution in [2.24, 2.45) is 11.7 Å². The summed E-state index contributed by atoms with van der Waals surface area (Å²) in [6, 6.07) is 16.5. The van der Waals surface area contributed by atoms with E-state index in [-0.39, 0.29) is 126 Å². The fraction of sp³-hybridized carbons (Fsp3) is 0.540. The molecule has 11 aromatic rings. The van der Waals surface area contributed by atoms with Crippen molar-refractivity contribution in [3.05, 3.63) is 168 Å². The molecule has 43 nitrogen and oxygen atoms in total. The minimum atomic E-state index is -1.18. The number of rotatable bonds is 19. The van der Waals surface area contributed by atoms with Crippen LogP contribution in [0.3, 0.4) is 0 Å². The minimum absolute atomic E-state index is 0.0215. The van der Waals surface area contributed by atoms with Gasteiger partial charge in [-0.3, -0.25) is 43.5 Å². The van der Waals surface area contributed by atoms with Gasteiger partial charge in [0.25, 0.3) is 28.5 Å². The van der Waals surface area contributed by atoms with Crippen LogP contribution < -0.4 is 69.4 Å². The predicted molar refractivity (Wildman–Crippen MR) is 556 cm³/mol. The third-order valence-electron chi connectivity index (χ3n) is 24.3. The van der Waals surface area contributed by atoms with Crippen LogP contribution in [0.1, 0.15) is 300 Å². The Labute approximate surface area is 851 Å². The maximum atomic E-state index is 13.4. The van der Waals surface area contributed by atoms with E-state index in [0.717, 1.165) is 83.2 Å². The Hall–Kier alpha value is -13.2. The topological polar surface area (TPSA) is 557 Å². The van der Waals surface area contributed by atoms with Crippen LogP contribution in [0.25, 0.3) is 22.6 Å². The molecule has 0 radical (unpaired) electrons. The van der Waals surface area contributed by atoms with Gasteiger partial charge in [-0.1, -0.05) is 29.6 Å². The zero-order valence-electron chi connectivity index (χ0n) is 86.9. The Balaban J connectivity index is 0.000000188. The van der Waals surface area contributed by atoms with E-state index in [1.807, 2.05) is 55.4 Å². The lowest BCUT2D eigenvalue weighted by Crippen LogP contribution is -2.44. The molecule has 1 unspecified atom stereocenters. The zero-order valence-corrected chi connectivity index (χ0v) is 88.4. The quantitative estimate of drug-likeness (QED) is 0.0203. The third-order valence-corrected chi connectivity index (χ3v) is 24.7. The van der Waals surface area contributed by atoms with Gasteiger partial charge in [-0.2, -0.15) is 38.5 Å². The van der Waals surface area contributed by atoms with Crippen LogP contribution in [0.15, 0.2) is 118 Å². The predicted octanol–water partition coefficient (Wildman–Crippen LogP) is 15.1. The van der Waals surface area contributed by atoms with Gasteiger partial charge in [0.2, 0.25) is 0 Å². The number of aliphatic hydroxyl groups is 4. The first-order valence-corrected chi connectivity index (χ1v) is 49.2. The zero-order chi connectivity index (χ0) is 107. The lowest BCUT2D eigenvalue weighted by Gasteiger charge is -2.34. The van der Waals surface area contributed by atoms with Gasteiger partial charge >= 0.3 is 24.2 Å². The van der Waals surface area contributed by atoms with E-state index >= 15 is 0 Å². The van der Waals surface area contributed by atoms with E-state index < -0.39 is 69.4 Å². The molecule has 45 heteroatoms. The molecule has 4 saturated carbocycles. The molecule has 0 bridgehead atoms. The maximum Gasteiger partial charge on any atom is 0.415 e. The van der Waals surface area contributed by atoms with Gasteiger partial charge in [0.15, 0.2) is 28.4 Å². The second kappa shape index (κ2) is 46.9. The molecular formula is C100H141Cl2N25O18. The number of amides is 5. The Morgan fingerprint density at radius 3 is 1.19 bits per heavy atom. The molecular weight excluding hydrogens is 1910 g/mol. The molecule has 4 aliphatic carbocycles. The molecule has 4 fully saturated rings. The summed E-state index contributed by atoms with van der Waals surface area (Å²) in [7, 11) is 6.30. The average molecular weight is 2050 g/mol. The second-order valence-corrected chi connectivity index (χ2v) is 43.0. The van der Waals surface area contributed by atoms with Crippen molar-refractivity contribution in [3.8, 4) is 0 Å². The first-order valence-electron chi connectivity index (χ1n) is 48.4. The molecule has 11 heterocycles. The summed E-state index contributed by atoms with van der Waals surface area (Å²) >= 11 is 12.1. The van der Waals surface area contributed by atoms with E-state index in [1.165, 1.54) is 73.1 Å². The number of nitrogens with zero attached hydrogens (tertiary/aromatic N) is 18. The van der Waals surface area contributed by atoms with Crippen molar-refractivity contribution < 1.29 is 73.3 Å². The Bertz CT molecular complexity index is 6670. The van der Waals surface area contributed by atoms with Crippen LogP contribution in [-0.4, -0.2) is 225 Å². The van der Waals surface area contributed by atoms with Crippen LogP contribution >= 0.6 is 23.2 Å². The summed E-state index contributed by atoms with van der Waals surface area (Å²) in [5.74, 6) is 0.284. The molecule has 4 aliphatic rings. The number of anilines is 9. The van der Waals surface area contributed by atoms with Crippen molar-refractivity contribution in [3.63, 3.8) is 0 Å². The van der Waals surface area contributed by atoms with Gasteiger partial charge in [-0.15, -0.1) is 0 Å². The van der Waals surface area contributed by atoms with Gasteiger partial charge in [0.1, 0.15) is 90.1 Å². The third kappa shape index (κ3) is 30.7. The maximum absolute atomic E-state index is 13.4. The van der Waals surface area contributed by atoms with Gasteiger partial charge in [-0.25, -0.2) is 39.1 Å². The summed E-state index contributed by atoms with van der Waals surface area (Å²) in [5, 5.41) is 82.1. The number of carbonyl (C=O) groups is 7. The Morgan fingerprint density at radius 1 is 0.476 bits per heavy atom. The largest absolute Gasteiger partial charge is 0.477 e. The number of nitrogens with two attached hydrogens (primary N) is 2. The number of nitrogen functional groups attached to an aromatic ring is 1. The fourth-order valence-corrected chi connectivity index (χ4v) is 17.7. The van der Waals surface area contributed by atoms with Crippen LogP contribution in [0.4, 0.5) is 66.4 Å². The number of ether oxygens (including phenoxy) is 3. The van der Waals surface area contributed by atoms with E-state index in [2.05, 4.69) is 66.9 Å². The lowest BCUT2D eigenvalue weighted by molar-refractivity contribution is 0.000355. The number of nitrogens with one attached hydrogen (secondary N) is 5. The molecule has 11 aromatic heterocycles. The monoisotopic (exact) mass is 2050 g/mol. The molecule has 145 heavy (non-hydrogen) atoms. The molecule has 0 spiro atoms. The molecule has 14 N–H and O–H groups in total. The Kier molecular flexibility index (Phi) is 36.8. The van der Waals surface area contributed by atoms with Crippen molar-refractivity contribution in [1.29, 1.82) is 0 Å². The van der Waals surface area contributed by atoms with Gasteiger partial charge in [-0.05, 0) is 270 Å². The summed E-state index contributed by atoms with van der Waals surface area (Å²) < 4.78 is 26.6. The summed E-state index contributed by atoms with van der Waals surface area (Å²) in [4.78, 5) is 146. The molecule has 5 amide bonds. The van der Waals surface area contributed by atoms with Gasteiger partial charge in [0.05, 0.1) is 58.4 Å². The van der Waals surface area contributed by atoms with Crippen LogP contribution in [-0.2, 0) is 14.2 Å². The number of fused-ring (bicyclic) bond motifs is 4. The number of carboxylic acid groups (broad SMARTS) is 1. The smallest absolute Gasteiger partial charge is 0.415 e. The number of hydrogen-bond acceptors (Lipinski definition) is 30. The fourth-order valence-electron chi connectivity index (χ4n) is 17.3. The second-order valence-electron chi connectivity index (χ2n) is 42.2. The van der Waals surface area contributed by atoms with E-state index in [1.54, 1.807) is 176 Å². The standard InChI is InChI=1S/C28H39N7O5.C23H31N7O3.C21H29ClN4O4.C13H15ClN4O4.C8H12N2O.C7H15NO/c1-17(2)34-13-9-11-20(25(34)37)31-21-14-22(33(7)26(38)40-27(3,4)5)35-23(32-21)19(16-29-35)24(36)30-18-10-8-12-28(6,39)15-18;1-14(2)29-10-6-8-17(22(29)32)27-18-11-19(24-4)30-20(28-18)16(13-25-30)21(31)26-15-7-5-9-23(3,33)12-15;1-20(2,3)30-19(28)25(5)17-10-16(22)24-18-14(12-23-26(17)18)15(27)9-13-7-6-8-21(4,29)11-13;1-13(2,3)22-12(21)17(4)9-5-8(14)16-10-7(11(19)20)6-15-18(9)10;1-6(2)10-5-3-4-7(9)8(10)11;1-7(9)4-2-3-6(8)5-7/h9,11,13-14,16-18,39H,8,10,12,15H2,1-7H3,(H,30,36)(H,31,32);6,8,10-11,13-15,24,33H,5,7,9,12H2,1-4H3,(H,26,31)(H,27,28);10,12-13,29H,6-9,11H2,1-5H3;5-6H,1-4H3,(H,19,20);3-6H,9H2,1-2H3;6,9H,2-5,8H2,1H3/t18-,28-;15-,23-;13?,21-;;;6-,7-/m111..0/s1. The molecule has 0 aliphatic heterocycles. The van der Waals surface area contributed by atoms with Crippen molar-refractivity contribution in [2.45, 2.75) is 316 Å².